The van der Waals surface area contributed by atoms with Crippen molar-refractivity contribution < 1.29 is 24.1 Å². The molecule has 1 heterocycles. The molecule has 3 rings (SSSR count). The van der Waals surface area contributed by atoms with Gasteiger partial charge in [0.05, 0.1) is 14.2 Å². The van der Waals surface area contributed by atoms with Gasteiger partial charge in [0.1, 0.15) is 17.4 Å². The van der Waals surface area contributed by atoms with Crippen LogP contribution in [0.3, 0.4) is 0 Å². The quantitative estimate of drug-likeness (QED) is 0.853. The van der Waals surface area contributed by atoms with E-state index in [1.807, 2.05) is 26.8 Å². The van der Waals surface area contributed by atoms with Gasteiger partial charge in [-0.05, 0) is 23.6 Å². The van der Waals surface area contributed by atoms with Crippen LogP contribution in [-0.4, -0.2) is 25.3 Å². The molecule has 1 unspecified atom stereocenters. The molecule has 2 aromatic carbocycles. The van der Waals surface area contributed by atoms with Gasteiger partial charge in [-0.1, -0.05) is 20.8 Å². The second-order valence-corrected chi connectivity index (χ2v) is 6.77. The van der Waals surface area contributed by atoms with Crippen LogP contribution in [0.5, 0.6) is 17.2 Å². The number of benzene rings is 2. The number of carbonyl (C=O) groups is 1. The molecule has 0 amide bonds. The second-order valence-electron chi connectivity index (χ2n) is 6.77. The number of hydrogen-bond donors (Lipinski definition) is 1. The summed E-state index contributed by atoms with van der Waals surface area (Å²) in [6.07, 6.45) is -0.395. The van der Waals surface area contributed by atoms with E-state index in [4.69, 9.17) is 14.2 Å². The molecule has 5 nitrogen and oxygen atoms in total. The predicted octanol–water partition coefficient (Wildman–Crippen LogP) is 3.82. The number of ether oxygens (including phenoxy) is 3. The molecule has 0 bridgehead atoms. The van der Waals surface area contributed by atoms with Crippen LogP contribution in [0.15, 0.2) is 18.2 Å². The van der Waals surface area contributed by atoms with E-state index >= 15 is 0 Å². The standard InChI is InChI=1S/C18H20O5/c1-18(2,3)16-11-6-9-7-12(21-4)13(22-5)8-10(9)15(19)14(11)17(20)23-16/h6-8,16,19H,1-5H3. The molecule has 1 aliphatic heterocycles. The number of aromatic hydroxyl groups is 1. The molecule has 122 valence electrons. The summed E-state index contributed by atoms with van der Waals surface area (Å²) in [5.41, 5.74) is 0.682. The third kappa shape index (κ3) is 2.27. The average molecular weight is 316 g/mol. The molecule has 0 fully saturated rings. The van der Waals surface area contributed by atoms with Gasteiger partial charge >= 0.3 is 5.97 Å². The van der Waals surface area contributed by atoms with E-state index in [-0.39, 0.29) is 16.7 Å². The smallest absolute Gasteiger partial charge is 0.343 e. The highest BCUT2D eigenvalue weighted by atomic mass is 16.6. The van der Waals surface area contributed by atoms with Crippen molar-refractivity contribution in [1.82, 2.24) is 0 Å². The van der Waals surface area contributed by atoms with Crippen molar-refractivity contribution in [2.45, 2.75) is 26.9 Å². The summed E-state index contributed by atoms with van der Waals surface area (Å²) in [5.74, 6) is 0.496. The van der Waals surface area contributed by atoms with Crippen LogP contribution in [0.4, 0.5) is 0 Å². The lowest BCUT2D eigenvalue weighted by Gasteiger charge is -2.26. The number of fused-ring (bicyclic) bond motifs is 2. The largest absolute Gasteiger partial charge is 0.506 e. The van der Waals surface area contributed by atoms with Gasteiger partial charge in [0.25, 0.3) is 0 Å². The molecule has 1 aliphatic rings. The van der Waals surface area contributed by atoms with Crippen LogP contribution in [0, 0.1) is 5.41 Å². The zero-order chi connectivity index (χ0) is 16.9. The molecule has 0 aliphatic carbocycles. The van der Waals surface area contributed by atoms with Crippen LogP contribution in [0.2, 0.25) is 0 Å². The number of methoxy groups -OCH3 is 2. The Hall–Kier alpha value is -2.43. The van der Waals surface area contributed by atoms with Gasteiger partial charge in [-0.25, -0.2) is 4.79 Å². The number of cyclic esters (lactones) is 1. The van der Waals surface area contributed by atoms with Crippen molar-refractivity contribution >= 4 is 16.7 Å². The van der Waals surface area contributed by atoms with E-state index in [0.29, 0.717) is 22.4 Å². The van der Waals surface area contributed by atoms with Crippen molar-refractivity contribution in [3.05, 3.63) is 29.3 Å². The summed E-state index contributed by atoms with van der Waals surface area (Å²) in [5, 5.41) is 11.9. The Kier molecular flexibility index (Phi) is 3.39. The number of rotatable bonds is 2. The Labute approximate surface area is 134 Å². The van der Waals surface area contributed by atoms with Crippen LogP contribution < -0.4 is 9.47 Å². The fraction of sp³-hybridized carbons (Fsp3) is 0.389. The minimum atomic E-state index is -0.492. The zero-order valence-electron chi connectivity index (χ0n) is 13.9. The SMILES string of the molecule is COc1cc2cc3c(c(O)c2cc1OC)C(=O)OC3C(C)(C)C. The van der Waals surface area contributed by atoms with Gasteiger partial charge < -0.3 is 19.3 Å². The third-order valence-corrected chi connectivity index (χ3v) is 4.15. The number of phenolic OH excluding ortho intramolecular Hbond substituents is 1. The fourth-order valence-corrected chi connectivity index (χ4v) is 3.02. The highest BCUT2D eigenvalue weighted by Gasteiger charge is 2.41. The van der Waals surface area contributed by atoms with Crippen LogP contribution in [0.1, 0.15) is 42.8 Å². The third-order valence-electron chi connectivity index (χ3n) is 4.15. The summed E-state index contributed by atoms with van der Waals surface area (Å²) in [6, 6.07) is 5.34. The van der Waals surface area contributed by atoms with Crippen molar-refractivity contribution in [2.24, 2.45) is 5.41 Å². The Morgan fingerprint density at radius 1 is 1.09 bits per heavy atom. The Morgan fingerprint density at radius 3 is 2.26 bits per heavy atom. The van der Waals surface area contributed by atoms with Gasteiger partial charge in [0.2, 0.25) is 0 Å². The Morgan fingerprint density at radius 2 is 1.70 bits per heavy atom. The van der Waals surface area contributed by atoms with E-state index in [2.05, 4.69) is 0 Å². The van der Waals surface area contributed by atoms with Gasteiger partial charge in [-0.2, -0.15) is 0 Å². The summed E-state index contributed by atoms with van der Waals surface area (Å²) in [7, 11) is 3.08. The van der Waals surface area contributed by atoms with Gasteiger partial charge in [0, 0.05) is 16.4 Å². The van der Waals surface area contributed by atoms with Gasteiger partial charge in [0.15, 0.2) is 11.5 Å². The molecular weight excluding hydrogens is 296 g/mol. The lowest BCUT2D eigenvalue weighted by atomic mass is 9.83. The monoisotopic (exact) mass is 316 g/mol. The predicted molar refractivity (Wildman–Crippen MR) is 86.3 cm³/mol. The minimum Gasteiger partial charge on any atom is -0.506 e. The van der Waals surface area contributed by atoms with E-state index in [1.165, 1.54) is 7.11 Å². The molecule has 1 atom stereocenters. The van der Waals surface area contributed by atoms with Gasteiger partial charge in [-0.15, -0.1) is 0 Å². The molecule has 0 spiro atoms. The first-order valence-electron chi connectivity index (χ1n) is 7.40. The van der Waals surface area contributed by atoms with E-state index in [9.17, 15) is 9.90 Å². The number of esters is 1. The van der Waals surface area contributed by atoms with Crippen LogP contribution in [-0.2, 0) is 4.74 Å². The van der Waals surface area contributed by atoms with Crippen molar-refractivity contribution in [1.29, 1.82) is 0 Å². The second kappa shape index (κ2) is 5.05. The minimum absolute atomic E-state index is 0.0739. The molecule has 5 heteroatoms. The van der Waals surface area contributed by atoms with Crippen molar-refractivity contribution in [3.8, 4) is 17.2 Å². The molecule has 0 aromatic heterocycles. The van der Waals surface area contributed by atoms with Crippen molar-refractivity contribution in [2.75, 3.05) is 14.2 Å². The highest BCUT2D eigenvalue weighted by molar-refractivity contribution is 6.05. The number of hydrogen-bond acceptors (Lipinski definition) is 5. The van der Waals surface area contributed by atoms with E-state index in [1.54, 1.807) is 19.2 Å². The maximum Gasteiger partial charge on any atom is 0.343 e. The van der Waals surface area contributed by atoms with E-state index < -0.39 is 12.1 Å². The summed E-state index contributed by atoms with van der Waals surface area (Å²) in [6.45, 7) is 5.99. The summed E-state index contributed by atoms with van der Waals surface area (Å²) < 4.78 is 16.1. The zero-order valence-corrected chi connectivity index (χ0v) is 13.9. The first-order valence-corrected chi connectivity index (χ1v) is 7.40. The lowest BCUT2D eigenvalue weighted by molar-refractivity contribution is 0.00773. The Bertz CT molecular complexity index is 801. The van der Waals surface area contributed by atoms with Crippen LogP contribution in [0.25, 0.3) is 10.8 Å². The first kappa shape index (κ1) is 15.5. The molecule has 2 aromatic rings. The number of carbonyl (C=O) groups excluding carboxylic acids is 1. The highest BCUT2D eigenvalue weighted by Crippen LogP contribution is 2.49. The Balaban J connectivity index is 2.33. The maximum absolute atomic E-state index is 12.2. The van der Waals surface area contributed by atoms with Crippen molar-refractivity contribution in [3.63, 3.8) is 0 Å². The molecule has 0 radical (unpaired) electrons. The molecule has 0 saturated carbocycles. The molecular formula is C18H20O5. The molecule has 1 N–H and O–H groups in total. The number of phenols is 1. The van der Waals surface area contributed by atoms with E-state index in [0.717, 1.165) is 5.39 Å². The molecule has 0 saturated heterocycles. The molecule has 23 heavy (non-hydrogen) atoms. The van der Waals surface area contributed by atoms with Gasteiger partial charge in [-0.3, -0.25) is 0 Å². The summed E-state index contributed by atoms with van der Waals surface area (Å²) >= 11 is 0. The topological polar surface area (TPSA) is 65.0 Å². The fourth-order valence-electron chi connectivity index (χ4n) is 3.02. The average Bonchev–Trinajstić information content (AvgIpc) is 2.83. The maximum atomic E-state index is 12.2. The van der Waals surface area contributed by atoms with Crippen LogP contribution >= 0.6 is 0 Å². The first-order chi connectivity index (χ1) is 10.8. The normalized spacial score (nSPS) is 17.1. The summed E-state index contributed by atoms with van der Waals surface area (Å²) in [4.78, 5) is 12.2. The lowest BCUT2D eigenvalue weighted by Crippen LogP contribution is -2.18.